The Morgan fingerprint density at radius 2 is 2.05 bits per heavy atom. The summed E-state index contributed by atoms with van der Waals surface area (Å²) in [7, 11) is 0. The third kappa shape index (κ3) is 4.21. The molecule has 1 unspecified atom stereocenters. The predicted octanol–water partition coefficient (Wildman–Crippen LogP) is 2.72. The van der Waals surface area contributed by atoms with Crippen LogP contribution in [0.4, 0.5) is 0 Å². The van der Waals surface area contributed by atoms with Crippen molar-refractivity contribution >= 4 is 18.3 Å². The molecule has 1 aromatic carbocycles. The highest BCUT2D eigenvalue weighted by atomic mass is 35.5. The minimum absolute atomic E-state index is 0. The molecule has 1 saturated heterocycles. The zero-order valence-corrected chi connectivity index (χ0v) is 13.3. The summed E-state index contributed by atoms with van der Waals surface area (Å²) in [5.41, 5.74) is 3.64. The molecule has 116 valence electrons. The number of halogens is 1. The molecular weight excluding hydrogens is 284 g/mol. The minimum atomic E-state index is 0. The lowest BCUT2D eigenvalue weighted by molar-refractivity contribution is 0.0951. The van der Waals surface area contributed by atoms with E-state index in [2.05, 4.69) is 22.8 Å². The van der Waals surface area contributed by atoms with Gasteiger partial charge in [-0.15, -0.1) is 12.4 Å². The molecule has 2 N–H and O–H groups in total. The lowest BCUT2D eigenvalue weighted by Crippen LogP contribution is -2.26. The van der Waals surface area contributed by atoms with E-state index < -0.39 is 0 Å². The van der Waals surface area contributed by atoms with Gasteiger partial charge in [0.15, 0.2) is 0 Å². The van der Waals surface area contributed by atoms with Crippen LogP contribution in [0.1, 0.15) is 47.2 Å². The highest BCUT2D eigenvalue weighted by Crippen LogP contribution is 2.22. The lowest BCUT2D eigenvalue weighted by Gasteiger charge is -2.16. The second kappa shape index (κ2) is 7.81. The van der Waals surface area contributed by atoms with Crippen LogP contribution in [-0.4, -0.2) is 25.5 Å². The molecule has 1 aromatic rings. The van der Waals surface area contributed by atoms with Crippen LogP contribution in [0.25, 0.3) is 0 Å². The Hall–Kier alpha value is -1.06. The van der Waals surface area contributed by atoms with E-state index in [9.17, 15) is 4.79 Å². The average molecular weight is 309 g/mol. The van der Waals surface area contributed by atoms with Crippen molar-refractivity contribution in [1.82, 2.24) is 10.6 Å². The van der Waals surface area contributed by atoms with Crippen molar-refractivity contribution in [2.24, 2.45) is 5.92 Å². The molecule has 21 heavy (non-hydrogen) atoms. The number of amides is 1. The van der Waals surface area contributed by atoms with Crippen LogP contribution in [-0.2, 0) is 12.8 Å². The van der Waals surface area contributed by atoms with Crippen molar-refractivity contribution < 1.29 is 4.79 Å². The Kier molecular flexibility index (Phi) is 6.07. The van der Waals surface area contributed by atoms with Gasteiger partial charge in [0.1, 0.15) is 0 Å². The molecule has 0 radical (unpaired) electrons. The maximum absolute atomic E-state index is 12.2. The molecular formula is C17H25ClN2O. The van der Waals surface area contributed by atoms with Crippen LogP contribution in [0.3, 0.4) is 0 Å². The molecule has 1 atom stereocenters. The summed E-state index contributed by atoms with van der Waals surface area (Å²) in [6.45, 7) is 3.03. The number of hydrogen-bond donors (Lipinski definition) is 2. The van der Waals surface area contributed by atoms with Gasteiger partial charge in [0.25, 0.3) is 5.91 Å². The fraction of sp³-hybridized carbons (Fsp3) is 0.588. The van der Waals surface area contributed by atoms with E-state index in [0.717, 1.165) is 44.0 Å². The Labute approximate surface area is 133 Å². The van der Waals surface area contributed by atoms with E-state index in [1.165, 1.54) is 36.8 Å². The van der Waals surface area contributed by atoms with Crippen LogP contribution in [0.15, 0.2) is 18.2 Å². The summed E-state index contributed by atoms with van der Waals surface area (Å²) >= 11 is 0. The van der Waals surface area contributed by atoms with Gasteiger partial charge in [-0.25, -0.2) is 0 Å². The highest BCUT2D eigenvalue weighted by Gasteiger charge is 2.15. The minimum Gasteiger partial charge on any atom is -0.352 e. The quantitative estimate of drug-likeness (QED) is 0.898. The van der Waals surface area contributed by atoms with Crippen molar-refractivity contribution in [2.75, 3.05) is 19.6 Å². The maximum Gasteiger partial charge on any atom is 0.251 e. The molecule has 0 bridgehead atoms. The van der Waals surface area contributed by atoms with Crippen LogP contribution in [0.5, 0.6) is 0 Å². The first-order chi connectivity index (χ1) is 9.83. The molecule has 1 heterocycles. The van der Waals surface area contributed by atoms with Crippen LogP contribution in [0.2, 0.25) is 0 Å². The van der Waals surface area contributed by atoms with Gasteiger partial charge in [0.2, 0.25) is 0 Å². The molecule has 1 amide bonds. The number of rotatable bonds is 4. The second-order valence-corrected chi connectivity index (χ2v) is 6.09. The van der Waals surface area contributed by atoms with E-state index in [1.807, 2.05) is 6.07 Å². The molecule has 3 rings (SSSR count). The summed E-state index contributed by atoms with van der Waals surface area (Å²) in [5, 5.41) is 6.43. The van der Waals surface area contributed by atoms with Crippen molar-refractivity contribution in [1.29, 1.82) is 0 Å². The predicted molar refractivity (Wildman–Crippen MR) is 88.3 cm³/mol. The van der Waals surface area contributed by atoms with E-state index in [-0.39, 0.29) is 18.3 Å². The van der Waals surface area contributed by atoms with Crippen molar-refractivity contribution in [2.45, 2.75) is 38.5 Å². The number of fused-ring (bicyclic) bond motifs is 1. The van der Waals surface area contributed by atoms with Gasteiger partial charge < -0.3 is 10.6 Å². The first-order valence-electron chi connectivity index (χ1n) is 7.93. The zero-order valence-electron chi connectivity index (χ0n) is 12.5. The molecule has 0 spiro atoms. The van der Waals surface area contributed by atoms with E-state index in [4.69, 9.17) is 0 Å². The van der Waals surface area contributed by atoms with Crippen LogP contribution in [0, 0.1) is 5.92 Å². The summed E-state index contributed by atoms with van der Waals surface area (Å²) in [5.74, 6) is 0.822. The fourth-order valence-electron chi connectivity index (χ4n) is 3.33. The SMILES string of the molecule is Cl.O=C(NCCC1CCNC1)c1ccc2c(c1)CCCC2. The van der Waals surface area contributed by atoms with Crippen LogP contribution < -0.4 is 10.6 Å². The van der Waals surface area contributed by atoms with Gasteiger partial charge in [-0.1, -0.05) is 6.07 Å². The summed E-state index contributed by atoms with van der Waals surface area (Å²) in [6, 6.07) is 6.22. The van der Waals surface area contributed by atoms with Gasteiger partial charge in [0, 0.05) is 12.1 Å². The number of aryl methyl sites for hydroxylation is 2. The second-order valence-electron chi connectivity index (χ2n) is 6.09. The van der Waals surface area contributed by atoms with Crippen molar-refractivity contribution in [3.05, 3.63) is 34.9 Å². The first kappa shape index (κ1) is 16.3. The van der Waals surface area contributed by atoms with Gasteiger partial charge in [-0.3, -0.25) is 4.79 Å². The van der Waals surface area contributed by atoms with E-state index in [1.54, 1.807) is 0 Å². The van der Waals surface area contributed by atoms with E-state index in [0.29, 0.717) is 0 Å². The molecule has 1 aliphatic heterocycles. The number of nitrogens with one attached hydrogen (secondary N) is 2. The Morgan fingerprint density at radius 1 is 1.24 bits per heavy atom. The van der Waals surface area contributed by atoms with Gasteiger partial charge in [-0.2, -0.15) is 0 Å². The zero-order chi connectivity index (χ0) is 13.8. The van der Waals surface area contributed by atoms with Crippen LogP contribution >= 0.6 is 12.4 Å². The summed E-state index contributed by atoms with van der Waals surface area (Å²) in [4.78, 5) is 12.2. The Bertz CT molecular complexity index is 484. The number of hydrogen-bond acceptors (Lipinski definition) is 2. The molecule has 1 fully saturated rings. The monoisotopic (exact) mass is 308 g/mol. The Morgan fingerprint density at radius 3 is 2.81 bits per heavy atom. The fourth-order valence-corrected chi connectivity index (χ4v) is 3.33. The summed E-state index contributed by atoms with van der Waals surface area (Å²) < 4.78 is 0. The molecule has 1 aliphatic carbocycles. The van der Waals surface area contributed by atoms with Gasteiger partial charge in [-0.05, 0) is 80.8 Å². The molecule has 0 aromatic heterocycles. The number of benzene rings is 1. The third-order valence-electron chi connectivity index (χ3n) is 4.61. The van der Waals surface area contributed by atoms with Crippen molar-refractivity contribution in [3.63, 3.8) is 0 Å². The standard InChI is InChI=1S/C17H24N2O.ClH/c20-17(19-10-8-13-7-9-18-12-13)16-6-5-14-3-1-2-4-15(14)11-16;/h5-6,11,13,18H,1-4,7-10,12H2,(H,19,20);1H. The third-order valence-corrected chi connectivity index (χ3v) is 4.61. The largest absolute Gasteiger partial charge is 0.352 e. The summed E-state index contributed by atoms with van der Waals surface area (Å²) in [6.07, 6.45) is 7.18. The molecule has 2 aliphatic rings. The number of carbonyl (C=O) groups excluding carboxylic acids is 1. The first-order valence-corrected chi connectivity index (χ1v) is 7.93. The van der Waals surface area contributed by atoms with Gasteiger partial charge >= 0.3 is 0 Å². The van der Waals surface area contributed by atoms with E-state index >= 15 is 0 Å². The highest BCUT2D eigenvalue weighted by molar-refractivity contribution is 5.94. The molecule has 0 saturated carbocycles. The number of carbonyl (C=O) groups is 1. The smallest absolute Gasteiger partial charge is 0.251 e. The molecule has 4 heteroatoms. The maximum atomic E-state index is 12.2. The van der Waals surface area contributed by atoms with Gasteiger partial charge in [0.05, 0.1) is 0 Å². The average Bonchev–Trinajstić information content (AvgIpc) is 3.00. The topological polar surface area (TPSA) is 41.1 Å². The normalized spacial score (nSPS) is 20.5. The molecule has 3 nitrogen and oxygen atoms in total. The Balaban J connectivity index is 0.00000161. The van der Waals surface area contributed by atoms with Crippen molar-refractivity contribution in [3.8, 4) is 0 Å². The lowest BCUT2D eigenvalue weighted by atomic mass is 9.90.